The number of rotatable bonds is 2. The molecule has 100 valence electrons. The normalized spacial score (nSPS) is 32.6. The van der Waals surface area contributed by atoms with E-state index in [1.807, 2.05) is 0 Å². The third-order valence-corrected chi connectivity index (χ3v) is 3.47. The van der Waals surface area contributed by atoms with Gasteiger partial charge in [0, 0.05) is 26.2 Å². The molecular weight excluding hydrogens is 233 g/mol. The summed E-state index contributed by atoms with van der Waals surface area (Å²) in [6.45, 7) is 3.00. The van der Waals surface area contributed by atoms with Gasteiger partial charge >= 0.3 is 6.18 Å². The lowest BCUT2D eigenvalue weighted by Crippen LogP contribution is -2.51. The van der Waals surface area contributed by atoms with Crippen molar-refractivity contribution >= 4 is 0 Å². The van der Waals surface area contributed by atoms with E-state index in [4.69, 9.17) is 4.74 Å². The van der Waals surface area contributed by atoms with Crippen LogP contribution in [-0.4, -0.2) is 56.5 Å². The summed E-state index contributed by atoms with van der Waals surface area (Å²) in [6, 6.07) is -1.34. The molecule has 2 fully saturated rings. The molecule has 2 aliphatic heterocycles. The number of alkyl halides is 3. The predicted molar refractivity (Wildman–Crippen MR) is 57.8 cm³/mol. The quantitative estimate of drug-likeness (QED) is 0.800. The molecular formula is C11H19F3N2O. The topological polar surface area (TPSA) is 24.5 Å². The van der Waals surface area contributed by atoms with Crippen molar-refractivity contribution in [2.45, 2.75) is 25.1 Å². The van der Waals surface area contributed by atoms with Crippen molar-refractivity contribution in [3.05, 3.63) is 0 Å². The monoisotopic (exact) mass is 252 g/mol. The molecule has 0 bridgehead atoms. The van der Waals surface area contributed by atoms with E-state index in [1.165, 1.54) is 0 Å². The van der Waals surface area contributed by atoms with Crippen LogP contribution in [0.3, 0.4) is 0 Å². The molecule has 0 radical (unpaired) electrons. The first kappa shape index (κ1) is 13.1. The summed E-state index contributed by atoms with van der Waals surface area (Å²) in [5.41, 5.74) is 0. The van der Waals surface area contributed by atoms with Gasteiger partial charge in [-0.2, -0.15) is 13.2 Å². The summed E-state index contributed by atoms with van der Waals surface area (Å²) in [7, 11) is 0. The van der Waals surface area contributed by atoms with Crippen LogP contribution in [-0.2, 0) is 4.74 Å². The smallest absolute Gasteiger partial charge is 0.381 e. The van der Waals surface area contributed by atoms with Gasteiger partial charge in [0.15, 0.2) is 0 Å². The van der Waals surface area contributed by atoms with Gasteiger partial charge in [-0.25, -0.2) is 0 Å². The zero-order chi connectivity index (χ0) is 12.3. The van der Waals surface area contributed by atoms with Crippen LogP contribution in [0.1, 0.15) is 12.8 Å². The van der Waals surface area contributed by atoms with Crippen LogP contribution in [0, 0.1) is 5.92 Å². The van der Waals surface area contributed by atoms with E-state index in [1.54, 1.807) is 4.90 Å². The minimum atomic E-state index is -4.14. The molecule has 17 heavy (non-hydrogen) atoms. The highest BCUT2D eigenvalue weighted by Gasteiger charge is 2.44. The van der Waals surface area contributed by atoms with Crippen LogP contribution in [0.25, 0.3) is 0 Å². The number of halogens is 3. The lowest BCUT2D eigenvalue weighted by atomic mass is 10.1. The largest absolute Gasteiger partial charge is 0.405 e. The average molecular weight is 252 g/mol. The van der Waals surface area contributed by atoms with Crippen molar-refractivity contribution in [1.82, 2.24) is 10.2 Å². The van der Waals surface area contributed by atoms with E-state index in [-0.39, 0.29) is 12.5 Å². The Labute approximate surface area is 99.3 Å². The molecule has 2 unspecified atom stereocenters. The van der Waals surface area contributed by atoms with E-state index in [9.17, 15) is 13.2 Å². The van der Waals surface area contributed by atoms with Crippen molar-refractivity contribution in [3.8, 4) is 0 Å². The van der Waals surface area contributed by atoms with Crippen LogP contribution in [0.4, 0.5) is 13.2 Å². The lowest BCUT2D eigenvalue weighted by Gasteiger charge is -2.32. The highest BCUT2D eigenvalue weighted by Crippen LogP contribution is 2.27. The maximum absolute atomic E-state index is 12.9. The molecule has 2 rings (SSSR count). The van der Waals surface area contributed by atoms with Crippen LogP contribution in [0.15, 0.2) is 0 Å². The van der Waals surface area contributed by atoms with Crippen molar-refractivity contribution in [2.75, 3.05) is 39.4 Å². The molecule has 0 spiro atoms. The van der Waals surface area contributed by atoms with E-state index in [0.717, 1.165) is 12.8 Å². The first-order valence-corrected chi connectivity index (χ1v) is 6.16. The highest BCUT2D eigenvalue weighted by molar-refractivity contribution is 4.85. The Kier molecular flexibility index (Phi) is 4.27. The minimum absolute atomic E-state index is 0.0110. The SMILES string of the molecule is FC(F)(F)C1CNCCCN1CC1CCOC1. The van der Waals surface area contributed by atoms with Gasteiger partial charge in [-0.1, -0.05) is 0 Å². The number of nitrogens with one attached hydrogen (secondary N) is 1. The predicted octanol–water partition coefficient (Wildman–Crippen LogP) is 1.25. The molecule has 0 aliphatic carbocycles. The Hall–Kier alpha value is -0.330. The summed E-state index contributed by atoms with van der Waals surface area (Å²) >= 11 is 0. The first-order chi connectivity index (χ1) is 8.07. The third kappa shape index (κ3) is 3.56. The van der Waals surface area contributed by atoms with Gasteiger partial charge in [-0.15, -0.1) is 0 Å². The maximum atomic E-state index is 12.9. The summed E-state index contributed by atoms with van der Waals surface area (Å²) < 4.78 is 44.0. The first-order valence-electron chi connectivity index (χ1n) is 6.16. The number of hydrogen-bond donors (Lipinski definition) is 1. The summed E-state index contributed by atoms with van der Waals surface area (Å²) in [4.78, 5) is 1.58. The van der Waals surface area contributed by atoms with Crippen LogP contribution in [0.2, 0.25) is 0 Å². The Balaban J connectivity index is 1.98. The van der Waals surface area contributed by atoms with Crippen LogP contribution < -0.4 is 5.32 Å². The van der Waals surface area contributed by atoms with E-state index < -0.39 is 12.2 Å². The van der Waals surface area contributed by atoms with Crippen LogP contribution >= 0.6 is 0 Å². The molecule has 0 aromatic heterocycles. The molecule has 0 saturated carbocycles. The Morgan fingerprint density at radius 3 is 2.82 bits per heavy atom. The van der Waals surface area contributed by atoms with Crippen molar-refractivity contribution in [1.29, 1.82) is 0 Å². The molecule has 0 aromatic rings. The van der Waals surface area contributed by atoms with Gasteiger partial charge < -0.3 is 10.1 Å². The van der Waals surface area contributed by atoms with Crippen LogP contribution in [0.5, 0.6) is 0 Å². The maximum Gasteiger partial charge on any atom is 0.405 e. The highest BCUT2D eigenvalue weighted by atomic mass is 19.4. The molecule has 2 atom stereocenters. The fourth-order valence-electron chi connectivity index (χ4n) is 2.53. The number of hydrogen-bond acceptors (Lipinski definition) is 3. The van der Waals surface area contributed by atoms with Crippen molar-refractivity contribution in [3.63, 3.8) is 0 Å². The molecule has 0 aromatic carbocycles. The second-order valence-corrected chi connectivity index (χ2v) is 4.84. The van der Waals surface area contributed by atoms with Gasteiger partial charge in [-0.3, -0.25) is 4.90 Å². The zero-order valence-electron chi connectivity index (χ0n) is 9.80. The molecule has 6 heteroatoms. The fraction of sp³-hybridized carbons (Fsp3) is 1.00. The molecule has 2 heterocycles. The third-order valence-electron chi connectivity index (χ3n) is 3.47. The number of nitrogens with zero attached hydrogens (tertiary/aromatic N) is 1. The minimum Gasteiger partial charge on any atom is -0.381 e. The molecule has 1 N–H and O–H groups in total. The second-order valence-electron chi connectivity index (χ2n) is 4.84. The standard InChI is InChI=1S/C11H19F3N2O/c12-11(13,14)10-6-15-3-1-4-16(10)7-9-2-5-17-8-9/h9-10,15H,1-8H2. The van der Waals surface area contributed by atoms with E-state index in [2.05, 4.69) is 5.32 Å². The van der Waals surface area contributed by atoms with Crippen molar-refractivity contribution < 1.29 is 17.9 Å². The fourth-order valence-corrected chi connectivity index (χ4v) is 2.53. The Morgan fingerprint density at radius 1 is 1.35 bits per heavy atom. The number of ether oxygens (including phenoxy) is 1. The lowest BCUT2D eigenvalue weighted by molar-refractivity contribution is -0.182. The Morgan fingerprint density at radius 2 is 2.18 bits per heavy atom. The molecule has 2 saturated heterocycles. The van der Waals surface area contributed by atoms with Gasteiger partial charge in [-0.05, 0) is 25.3 Å². The van der Waals surface area contributed by atoms with Gasteiger partial charge in [0.05, 0.1) is 6.61 Å². The van der Waals surface area contributed by atoms with E-state index in [0.29, 0.717) is 32.8 Å². The molecule has 2 aliphatic rings. The van der Waals surface area contributed by atoms with Gasteiger partial charge in [0.25, 0.3) is 0 Å². The average Bonchev–Trinajstić information content (AvgIpc) is 2.61. The zero-order valence-corrected chi connectivity index (χ0v) is 9.80. The summed E-state index contributed by atoms with van der Waals surface area (Å²) in [5.74, 6) is 0.262. The molecule has 0 amide bonds. The van der Waals surface area contributed by atoms with Crippen molar-refractivity contribution in [2.24, 2.45) is 5.92 Å². The van der Waals surface area contributed by atoms with E-state index >= 15 is 0 Å². The second kappa shape index (κ2) is 5.54. The molecule has 3 nitrogen and oxygen atoms in total. The van der Waals surface area contributed by atoms with Gasteiger partial charge in [0.1, 0.15) is 6.04 Å². The van der Waals surface area contributed by atoms with Gasteiger partial charge in [0.2, 0.25) is 0 Å². The summed E-state index contributed by atoms with van der Waals surface area (Å²) in [5, 5.41) is 2.87. The Bertz CT molecular complexity index is 241. The summed E-state index contributed by atoms with van der Waals surface area (Å²) in [6.07, 6.45) is -2.48.